The maximum atomic E-state index is 10.6. The number of carbonyl (C=O) groups excluding carboxylic acids is 1. The number of hydrogen-bond donors (Lipinski definition) is 2. The summed E-state index contributed by atoms with van der Waals surface area (Å²) in [5, 5.41) is 0. The van der Waals surface area contributed by atoms with Gasteiger partial charge in [-0.3, -0.25) is 15.6 Å². The van der Waals surface area contributed by atoms with Crippen LogP contribution in [0.4, 0.5) is 0 Å². The third-order valence-corrected chi connectivity index (χ3v) is 1.88. The van der Waals surface area contributed by atoms with Gasteiger partial charge in [0.05, 0.1) is 0 Å². The Morgan fingerprint density at radius 1 is 1.08 bits per heavy atom. The number of carbonyl (C=O) groups is 1. The van der Waals surface area contributed by atoms with Crippen LogP contribution in [0.15, 0.2) is 0 Å². The fourth-order valence-electron chi connectivity index (χ4n) is 1.06. The Bertz CT molecular complexity index is 126. The van der Waals surface area contributed by atoms with Gasteiger partial charge in [-0.25, -0.2) is 0 Å². The van der Waals surface area contributed by atoms with Gasteiger partial charge < -0.3 is 0 Å². The summed E-state index contributed by atoms with van der Waals surface area (Å²) in [6.07, 6.45) is 5.70. The molecule has 0 aliphatic rings. The smallest absolute Gasteiger partial charge is 0.131 e. The van der Waals surface area contributed by atoms with E-state index in [1.807, 2.05) is 0 Å². The summed E-state index contributed by atoms with van der Waals surface area (Å²) in [7, 11) is 0. The van der Waals surface area contributed by atoms with E-state index >= 15 is 0 Å². The van der Waals surface area contributed by atoms with Crippen LogP contribution in [-0.2, 0) is 4.79 Å². The summed E-state index contributed by atoms with van der Waals surface area (Å²) in [6.45, 7) is 5.56. The standard InChI is InChI=1S/C10H22N2O/c1-3-4-5-6-8-11-12-9-7-10(2)13/h11-12H,3-9H2,1-2H3. The molecule has 3 nitrogen and oxygen atoms in total. The lowest BCUT2D eigenvalue weighted by atomic mass is 10.2. The second kappa shape index (κ2) is 9.68. The second-order valence-corrected chi connectivity index (χ2v) is 3.37. The molecule has 0 aromatic heterocycles. The minimum Gasteiger partial charge on any atom is -0.300 e. The van der Waals surface area contributed by atoms with Crippen molar-refractivity contribution in [1.82, 2.24) is 10.9 Å². The van der Waals surface area contributed by atoms with Crippen molar-refractivity contribution in [2.75, 3.05) is 13.1 Å². The van der Waals surface area contributed by atoms with Gasteiger partial charge in [-0.05, 0) is 13.3 Å². The van der Waals surface area contributed by atoms with Crippen molar-refractivity contribution in [3.05, 3.63) is 0 Å². The van der Waals surface area contributed by atoms with Crippen LogP contribution >= 0.6 is 0 Å². The van der Waals surface area contributed by atoms with Gasteiger partial charge in [0.15, 0.2) is 0 Å². The molecule has 3 heteroatoms. The highest BCUT2D eigenvalue weighted by Gasteiger charge is 1.91. The lowest BCUT2D eigenvalue weighted by Gasteiger charge is -2.04. The first-order chi connectivity index (χ1) is 6.27. The Labute approximate surface area is 81.3 Å². The van der Waals surface area contributed by atoms with Gasteiger partial charge in [0, 0.05) is 19.5 Å². The molecule has 2 N–H and O–H groups in total. The van der Waals surface area contributed by atoms with E-state index in [0.717, 1.165) is 13.1 Å². The topological polar surface area (TPSA) is 41.1 Å². The zero-order valence-corrected chi connectivity index (χ0v) is 8.86. The molecule has 0 fully saturated rings. The lowest BCUT2D eigenvalue weighted by molar-refractivity contribution is -0.116. The van der Waals surface area contributed by atoms with E-state index in [0.29, 0.717) is 6.42 Å². The third-order valence-electron chi connectivity index (χ3n) is 1.88. The van der Waals surface area contributed by atoms with Crippen LogP contribution in [-0.4, -0.2) is 18.9 Å². The number of rotatable bonds is 9. The van der Waals surface area contributed by atoms with E-state index in [2.05, 4.69) is 17.8 Å². The summed E-state index contributed by atoms with van der Waals surface area (Å²) < 4.78 is 0. The van der Waals surface area contributed by atoms with Crippen molar-refractivity contribution in [1.29, 1.82) is 0 Å². The summed E-state index contributed by atoms with van der Waals surface area (Å²) >= 11 is 0. The van der Waals surface area contributed by atoms with Gasteiger partial charge >= 0.3 is 0 Å². The van der Waals surface area contributed by atoms with E-state index < -0.39 is 0 Å². The van der Waals surface area contributed by atoms with Crippen LogP contribution in [0.1, 0.15) is 46.0 Å². The van der Waals surface area contributed by atoms with E-state index in [1.165, 1.54) is 25.7 Å². The molecule has 0 heterocycles. The summed E-state index contributed by atoms with van der Waals surface area (Å²) in [5.74, 6) is 0.236. The molecule has 0 aromatic rings. The SMILES string of the molecule is CCCCCCNNCCC(C)=O. The minimum absolute atomic E-state index is 0.236. The van der Waals surface area contributed by atoms with Gasteiger partial charge in [0.1, 0.15) is 5.78 Å². The number of nitrogens with one attached hydrogen (secondary N) is 2. The molecule has 0 bridgehead atoms. The molecule has 0 aromatic carbocycles. The fourth-order valence-corrected chi connectivity index (χ4v) is 1.06. The largest absolute Gasteiger partial charge is 0.300 e. The molecular weight excluding hydrogens is 164 g/mol. The molecule has 0 saturated heterocycles. The summed E-state index contributed by atoms with van der Waals surface area (Å²) in [4.78, 5) is 10.6. The van der Waals surface area contributed by atoms with Crippen molar-refractivity contribution in [3.63, 3.8) is 0 Å². The molecule has 0 spiro atoms. The Balaban J connectivity index is 2.87. The van der Waals surface area contributed by atoms with E-state index in [-0.39, 0.29) is 5.78 Å². The Morgan fingerprint density at radius 3 is 2.38 bits per heavy atom. The molecule has 0 amide bonds. The third kappa shape index (κ3) is 11.6. The number of ketones is 1. The van der Waals surface area contributed by atoms with Crippen molar-refractivity contribution < 1.29 is 4.79 Å². The van der Waals surface area contributed by atoms with Crippen molar-refractivity contribution >= 4 is 5.78 Å². The van der Waals surface area contributed by atoms with Crippen molar-refractivity contribution in [2.45, 2.75) is 46.0 Å². The predicted molar refractivity (Wildman–Crippen MR) is 55.4 cm³/mol. The average Bonchev–Trinajstić information content (AvgIpc) is 2.09. The lowest BCUT2D eigenvalue weighted by Crippen LogP contribution is -2.33. The van der Waals surface area contributed by atoms with E-state index in [9.17, 15) is 4.79 Å². The molecule has 0 aliphatic heterocycles. The summed E-state index contributed by atoms with van der Waals surface area (Å²) in [6, 6.07) is 0. The van der Waals surface area contributed by atoms with Gasteiger partial charge in [0.25, 0.3) is 0 Å². The molecule has 0 unspecified atom stereocenters. The molecule has 0 rings (SSSR count). The minimum atomic E-state index is 0.236. The highest BCUT2D eigenvalue weighted by atomic mass is 16.1. The Hall–Kier alpha value is -0.410. The Kier molecular flexibility index (Phi) is 9.37. The maximum absolute atomic E-state index is 10.6. The molecule has 0 aliphatic carbocycles. The van der Waals surface area contributed by atoms with Crippen LogP contribution in [0.25, 0.3) is 0 Å². The highest BCUT2D eigenvalue weighted by molar-refractivity contribution is 5.75. The van der Waals surface area contributed by atoms with Gasteiger partial charge in [-0.15, -0.1) is 0 Å². The molecule has 0 saturated carbocycles. The zero-order valence-electron chi connectivity index (χ0n) is 8.86. The zero-order chi connectivity index (χ0) is 9.94. The van der Waals surface area contributed by atoms with Crippen molar-refractivity contribution in [2.24, 2.45) is 0 Å². The first-order valence-corrected chi connectivity index (χ1v) is 5.22. The van der Waals surface area contributed by atoms with Gasteiger partial charge in [-0.2, -0.15) is 0 Å². The molecule has 78 valence electrons. The molecule has 0 atom stereocenters. The maximum Gasteiger partial charge on any atom is 0.131 e. The van der Waals surface area contributed by atoms with Crippen LogP contribution in [0, 0.1) is 0 Å². The van der Waals surface area contributed by atoms with Crippen LogP contribution < -0.4 is 10.9 Å². The van der Waals surface area contributed by atoms with Crippen LogP contribution in [0.2, 0.25) is 0 Å². The first-order valence-electron chi connectivity index (χ1n) is 5.22. The molecule has 0 radical (unpaired) electrons. The van der Waals surface area contributed by atoms with E-state index in [1.54, 1.807) is 6.92 Å². The van der Waals surface area contributed by atoms with Gasteiger partial charge in [-0.1, -0.05) is 26.2 Å². The molecular formula is C10H22N2O. The highest BCUT2D eigenvalue weighted by Crippen LogP contribution is 1.96. The second-order valence-electron chi connectivity index (χ2n) is 3.37. The number of hydrazine groups is 1. The summed E-state index contributed by atoms with van der Waals surface area (Å²) in [5.41, 5.74) is 6.12. The van der Waals surface area contributed by atoms with Gasteiger partial charge in [0.2, 0.25) is 0 Å². The van der Waals surface area contributed by atoms with Crippen LogP contribution in [0.5, 0.6) is 0 Å². The fraction of sp³-hybridized carbons (Fsp3) is 0.900. The Morgan fingerprint density at radius 2 is 1.77 bits per heavy atom. The van der Waals surface area contributed by atoms with E-state index in [4.69, 9.17) is 0 Å². The number of Topliss-reactive ketones (excluding diaryl/α,β-unsaturated/α-hetero) is 1. The number of hydrogen-bond acceptors (Lipinski definition) is 3. The van der Waals surface area contributed by atoms with Crippen LogP contribution in [0.3, 0.4) is 0 Å². The number of unbranched alkanes of at least 4 members (excludes halogenated alkanes) is 3. The normalized spacial score (nSPS) is 10.3. The van der Waals surface area contributed by atoms with Crippen molar-refractivity contribution in [3.8, 4) is 0 Å². The predicted octanol–water partition coefficient (Wildman–Crippen LogP) is 1.64. The molecule has 13 heavy (non-hydrogen) atoms. The average molecular weight is 186 g/mol. The quantitative estimate of drug-likeness (QED) is 0.425. The first kappa shape index (κ1) is 12.6. The monoisotopic (exact) mass is 186 g/mol.